The maximum atomic E-state index is 12.4. The Morgan fingerprint density at radius 2 is 1.72 bits per heavy atom. The van der Waals surface area contributed by atoms with Gasteiger partial charge in [0.2, 0.25) is 10.0 Å². The van der Waals surface area contributed by atoms with Gasteiger partial charge in [-0.05, 0) is 76.0 Å². The zero-order chi connectivity index (χ0) is 23.0. The molecule has 0 atom stereocenters. The Bertz CT molecular complexity index is 817. The average molecular weight is 470 g/mol. The molecule has 1 heterocycles. The Labute approximate surface area is 190 Å². The molecule has 1 aliphatic heterocycles. The molecule has 1 aliphatic carbocycles. The molecule has 10 heteroatoms. The number of likely N-dealkylation sites (tertiary alicyclic amines) is 1. The van der Waals surface area contributed by atoms with Crippen molar-refractivity contribution in [1.29, 1.82) is 0 Å². The van der Waals surface area contributed by atoms with Crippen molar-refractivity contribution < 1.29 is 23.2 Å². The average Bonchev–Trinajstić information content (AvgIpc) is 2.79. The fourth-order valence-corrected chi connectivity index (χ4v) is 5.51. The van der Waals surface area contributed by atoms with Crippen molar-refractivity contribution in [3.8, 4) is 0 Å². The zero-order valence-electron chi connectivity index (χ0n) is 18.5. The Morgan fingerprint density at radius 1 is 1.06 bits per heavy atom. The molecule has 180 valence electrons. The maximum Gasteiger partial charge on any atom is 0.269 e. The number of nitro groups is 1. The number of nitrogens with one attached hydrogen (secondary N) is 1. The van der Waals surface area contributed by atoms with Crippen molar-refractivity contribution in [2.24, 2.45) is 5.92 Å². The van der Waals surface area contributed by atoms with Crippen molar-refractivity contribution in [3.05, 3.63) is 34.4 Å². The topological polar surface area (TPSA) is 122 Å². The standard InChI is InChI=1S/C22H35N3O6S/c26-20-11-14-24(15-12-20)13-1-2-16-31-21-7-3-18(4-8-21)17-23-32(29,30)22-9-5-19(6-10-22)25(27)28/h5-6,9-10,18,20-21,23,26H,1-4,7-8,11-17H2. The van der Waals surface area contributed by atoms with Crippen molar-refractivity contribution in [1.82, 2.24) is 9.62 Å². The molecule has 1 saturated heterocycles. The van der Waals surface area contributed by atoms with E-state index in [1.807, 2.05) is 0 Å². The number of sulfonamides is 1. The molecule has 0 radical (unpaired) electrons. The lowest BCUT2D eigenvalue weighted by Gasteiger charge is -2.30. The highest BCUT2D eigenvalue weighted by Gasteiger charge is 2.24. The number of benzene rings is 1. The first-order valence-electron chi connectivity index (χ1n) is 11.6. The summed E-state index contributed by atoms with van der Waals surface area (Å²) in [5.74, 6) is 0.275. The molecule has 0 aromatic heterocycles. The van der Waals surface area contributed by atoms with E-state index in [2.05, 4.69) is 9.62 Å². The molecule has 1 saturated carbocycles. The summed E-state index contributed by atoms with van der Waals surface area (Å²) in [5, 5.41) is 20.3. The predicted molar refractivity (Wildman–Crippen MR) is 121 cm³/mol. The van der Waals surface area contributed by atoms with Gasteiger partial charge in [0.05, 0.1) is 22.0 Å². The number of aliphatic hydroxyl groups excluding tert-OH is 1. The molecule has 1 aromatic carbocycles. The van der Waals surface area contributed by atoms with Gasteiger partial charge >= 0.3 is 0 Å². The van der Waals surface area contributed by atoms with E-state index < -0.39 is 14.9 Å². The minimum absolute atomic E-state index is 0.0425. The lowest BCUT2D eigenvalue weighted by atomic mass is 9.87. The minimum atomic E-state index is -3.67. The summed E-state index contributed by atoms with van der Waals surface area (Å²) in [6.07, 6.45) is 7.75. The van der Waals surface area contributed by atoms with Crippen LogP contribution in [0.2, 0.25) is 0 Å². The van der Waals surface area contributed by atoms with Crippen LogP contribution in [-0.4, -0.2) is 68.3 Å². The summed E-state index contributed by atoms with van der Waals surface area (Å²) in [6.45, 7) is 4.17. The fraction of sp³-hybridized carbons (Fsp3) is 0.727. The summed E-state index contributed by atoms with van der Waals surface area (Å²) in [6, 6.07) is 4.93. The van der Waals surface area contributed by atoms with Gasteiger partial charge in [0.15, 0.2) is 0 Å². The Kier molecular flexibility index (Phi) is 9.42. The lowest BCUT2D eigenvalue weighted by molar-refractivity contribution is -0.384. The summed E-state index contributed by atoms with van der Waals surface area (Å²) in [4.78, 5) is 12.6. The zero-order valence-corrected chi connectivity index (χ0v) is 19.3. The molecule has 2 N–H and O–H groups in total. The molecular formula is C22H35N3O6S. The van der Waals surface area contributed by atoms with Gasteiger partial charge in [-0.15, -0.1) is 0 Å². The number of nitro benzene ring substituents is 1. The van der Waals surface area contributed by atoms with E-state index in [1.165, 1.54) is 24.3 Å². The molecular weight excluding hydrogens is 434 g/mol. The monoisotopic (exact) mass is 469 g/mol. The van der Waals surface area contributed by atoms with Crippen molar-refractivity contribution >= 4 is 15.7 Å². The van der Waals surface area contributed by atoms with E-state index >= 15 is 0 Å². The molecule has 0 amide bonds. The van der Waals surface area contributed by atoms with E-state index in [4.69, 9.17) is 4.74 Å². The molecule has 32 heavy (non-hydrogen) atoms. The summed E-state index contributed by atoms with van der Waals surface area (Å²) in [5.41, 5.74) is -0.131. The van der Waals surface area contributed by atoms with Gasteiger partial charge in [0, 0.05) is 38.4 Å². The molecule has 0 bridgehead atoms. The number of ether oxygens (including phenoxy) is 1. The first-order chi connectivity index (χ1) is 15.3. The van der Waals surface area contributed by atoms with Crippen LogP contribution < -0.4 is 4.72 Å². The van der Waals surface area contributed by atoms with E-state index in [9.17, 15) is 23.6 Å². The van der Waals surface area contributed by atoms with Crippen LogP contribution in [0.25, 0.3) is 0 Å². The molecule has 0 spiro atoms. The molecule has 2 fully saturated rings. The number of unbranched alkanes of at least 4 members (excludes halogenated alkanes) is 1. The normalized spacial score (nSPS) is 23.3. The SMILES string of the molecule is O=[N+]([O-])c1ccc(S(=O)(=O)NCC2CCC(OCCCCN3CCC(O)CC3)CC2)cc1. The number of non-ortho nitro benzene ring substituents is 1. The second-order valence-electron chi connectivity index (χ2n) is 8.90. The smallest absolute Gasteiger partial charge is 0.269 e. The van der Waals surface area contributed by atoms with Crippen LogP contribution in [-0.2, 0) is 14.8 Å². The molecule has 2 aliphatic rings. The largest absolute Gasteiger partial charge is 0.393 e. The van der Waals surface area contributed by atoms with Gasteiger partial charge in [0.25, 0.3) is 5.69 Å². The highest BCUT2D eigenvalue weighted by molar-refractivity contribution is 7.89. The van der Waals surface area contributed by atoms with Gasteiger partial charge in [-0.1, -0.05) is 0 Å². The second kappa shape index (κ2) is 12.0. The van der Waals surface area contributed by atoms with Crippen LogP contribution in [0.3, 0.4) is 0 Å². The van der Waals surface area contributed by atoms with Crippen molar-refractivity contribution in [2.45, 2.75) is 68.5 Å². The Balaban J connectivity index is 1.28. The number of hydrogen-bond acceptors (Lipinski definition) is 7. The number of nitrogens with zero attached hydrogens (tertiary/aromatic N) is 2. The number of piperidine rings is 1. The summed E-state index contributed by atoms with van der Waals surface area (Å²) in [7, 11) is -3.67. The first kappa shape index (κ1) is 25.0. The summed E-state index contributed by atoms with van der Waals surface area (Å²) >= 11 is 0. The van der Waals surface area contributed by atoms with Gasteiger partial charge in [0.1, 0.15) is 0 Å². The van der Waals surface area contributed by atoms with Crippen LogP contribution in [0.5, 0.6) is 0 Å². The highest BCUT2D eigenvalue weighted by Crippen LogP contribution is 2.26. The van der Waals surface area contributed by atoms with Gasteiger partial charge in [-0.2, -0.15) is 0 Å². The van der Waals surface area contributed by atoms with Crippen LogP contribution in [0.4, 0.5) is 5.69 Å². The van der Waals surface area contributed by atoms with E-state index in [-0.39, 0.29) is 28.7 Å². The number of aliphatic hydroxyl groups is 1. The lowest BCUT2D eigenvalue weighted by Crippen LogP contribution is -2.36. The summed E-state index contributed by atoms with van der Waals surface area (Å²) < 4.78 is 33.5. The number of rotatable bonds is 11. The Hall–Kier alpha value is -1.59. The van der Waals surface area contributed by atoms with Gasteiger partial charge in [-0.3, -0.25) is 10.1 Å². The first-order valence-corrected chi connectivity index (χ1v) is 13.1. The van der Waals surface area contributed by atoms with Crippen LogP contribution in [0.15, 0.2) is 29.2 Å². The third-order valence-electron chi connectivity index (χ3n) is 6.49. The van der Waals surface area contributed by atoms with Crippen molar-refractivity contribution in [3.63, 3.8) is 0 Å². The second-order valence-corrected chi connectivity index (χ2v) is 10.7. The van der Waals surface area contributed by atoms with Gasteiger partial charge < -0.3 is 14.7 Å². The van der Waals surface area contributed by atoms with Crippen LogP contribution in [0, 0.1) is 16.0 Å². The predicted octanol–water partition coefficient (Wildman–Crippen LogP) is 2.69. The number of hydrogen-bond donors (Lipinski definition) is 2. The quantitative estimate of drug-likeness (QED) is 0.290. The van der Waals surface area contributed by atoms with Crippen LogP contribution >= 0.6 is 0 Å². The van der Waals surface area contributed by atoms with E-state index in [0.29, 0.717) is 6.54 Å². The minimum Gasteiger partial charge on any atom is -0.393 e. The third kappa shape index (κ3) is 7.77. The fourth-order valence-electron chi connectivity index (χ4n) is 4.39. The van der Waals surface area contributed by atoms with E-state index in [1.54, 1.807) is 0 Å². The Morgan fingerprint density at radius 3 is 2.34 bits per heavy atom. The van der Waals surface area contributed by atoms with Gasteiger partial charge in [-0.25, -0.2) is 13.1 Å². The maximum absolute atomic E-state index is 12.4. The van der Waals surface area contributed by atoms with Crippen molar-refractivity contribution in [2.75, 3.05) is 32.8 Å². The highest BCUT2D eigenvalue weighted by atomic mass is 32.2. The molecule has 9 nitrogen and oxygen atoms in total. The molecule has 1 aromatic rings. The van der Waals surface area contributed by atoms with E-state index in [0.717, 1.165) is 77.6 Å². The third-order valence-corrected chi connectivity index (χ3v) is 7.93. The molecule has 3 rings (SSSR count). The molecule has 0 unspecified atom stereocenters. The van der Waals surface area contributed by atoms with Crippen LogP contribution in [0.1, 0.15) is 51.4 Å².